The molecule has 0 amide bonds. The first-order valence-electron chi connectivity index (χ1n) is 9.45. The predicted molar refractivity (Wildman–Crippen MR) is 124 cm³/mol. The Kier molecular flexibility index (Phi) is 6.08. The van der Waals surface area contributed by atoms with Crippen LogP contribution >= 0.6 is 11.8 Å². The monoisotopic (exact) mass is 431 g/mol. The van der Waals surface area contributed by atoms with Gasteiger partial charge in [-0.3, -0.25) is 0 Å². The van der Waals surface area contributed by atoms with Crippen LogP contribution in [0.3, 0.4) is 0 Å². The molecule has 5 N–H and O–H groups in total. The van der Waals surface area contributed by atoms with Gasteiger partial charge in [0.1, 0.15) is 0 Å². The van der Waals surface area contributed by atoms with Gasteiger partial charge in [-0.05, 0) is 30.0 Å². The Hall–Kier alpha value is -3.92. The van der Waals surface area contributed by atoms with Crippen LogP contribution in [0.4, 0.5) is 17.5 Å². The van der Waals surface area contributed by atoms with E-state index in [0.29, 0.717) is 12.4 Å². The fourth-order valence-corrected chi connectivity index (χ4v) is 3.48. The Morgan fingerprint density at radius 2 is 1.81 bits per heavy atom. The second kappa shape index (κ2) is 9.26. The van der Waals surface area contributed by atoms with Crippen molar-refractivity contribution in [2.45, 2.75) is 11.7 Å². The van der Waals surface area contributed by atoms with Crippen molar-refractivity contribution in [1.82, 2.24) is 25.0 Å². The third-order valence-corrected chi connectivity index (χ3v) is 5.06. The van der Waals surface area contributed by atoms with Crippen molar-refractivity contribution in [3.8, 4) is 11.3 Å². The number of aromatic nitrogens is 5. The standard InChI is InChI=1S/C21H21N9S/c1-31-21-26-20(23)29-30(21)13-15-9-5-6-10-16(15)24-19(22)25-18-12-11-17(27-28-18)14-7-3-2-4-8-14/h2-12H,13H2,1H3,(H2,23,29)(H3,22,24,25,28). The molecule has 0 radical (unpaired) electrons. The van der Waals surface area contributed by atoms with Gasteiger partial charge in [0.05, 0.1) is 12.2 Å². The van der Waals surface area contributed by atoms with Crippen LogP contribution in [-0.2, 0) is 6.54 Å². The average Bonchev–Trinajstić information content (AvgIpc) is 3.15. The van der Waals surface area contributed by atoms with Gasteiger partial charge in [-0.25, -0.2) is 4.68 Å². The molecule has 31 heavy (non-hydrogen) atoms. The smallest absolute Gasteiger partial charge is 0.240 e. The molecule has 0 fully saturated rings. The van der Waals surface area contributed by atoms with Crippen molar-refractivity contribution in [3.63, 3.8) is 0 Å². The second-order valence-electron chi connectivity index (χ2n) is 6.54. The molecule has 0 unspecified atom stereocenters. The summed E-state index contributed by atoms with van der Waals surface area (Å²) in [4.78, 5) is 8.54. The lowest BCUT2D eigenvalue weighted by Crippen LogP contribution is -2.23. The van der Waals surface area contributed by atoms with Crippen LogP contribution in [0.2, 0.25) is 0 Å². The number of hydrogen-bond acceptors (Lipinski definition) is 7. The fraction of sp³-hybridized carbons (Fsp3) is 0.0952. The number of aliphatic imine (C=N–C) groups is 1. The molecule has 0 saturated heterocycles. The van der Waals surface area contributed by atoms with Gasteiger partial charge in [0.15, 0.2) is 16.9 Å². The van der Waals surface area contributed by atoms with Crippen molar-refractivity contribution >= 4 is 35.2 Å². The van der Waals surface area contributed by atoms with E-state index in [2.05, 4.69) is 30.6 Å². The number of benzene rings is 2. The zero-order chi connectivity index (χ0) is 21.6. The summed E-state index contributed by atoms with van der Waals surface area (Å²) in [5.74, 6) is 0.863. The molecule has 2 aromatic heterocycles. The Labute approximate surface area is 183 Å². The van der Waals surface area contributed by atoms with Gasteiger partial charge in [-0.2, -0.15) is 9.98 Å². The highest BCUT2D eigenvalue weighted by Crippen LogP contribution is 2.21. The molecule has 2 heterocycles. The first-order valence-corrected chi connectivity index (χ1v) is 10.7. The third-order valence-electron chi connectivity index (χ3n) is 4.39. The highest BCUT2D eigenvalue weighted by atomic mass is 32.2. The number of nitrogens with two attached hydrogens (primary N) is 2. The highest BCUT2D eigenvalue weighted by Gasteiger charge is 2.10. The van der Waals surface area contributed by atoms with E-state index < -0.39 is 0 Å². The van der Waals surface area contributed by atoms with Crippen LogP contribution in [0, 0.1) is 0 Å². The van der Waals surface area contributed by atoms with E-state index >= 15 is 0 Å². The zero-order valence-electron chi connectivity index (χ0n) is 16.8. The molecular weight excluding hydrogens is 410 g/mol. The topological polar surface area (TPSA) is 133 Å². The first kappa shape index (κ1) is 20.4. The minimum Gasteiger partial charge on any atom is -0.369 e. The number of nitrogens with one attached hydrogen (secondary N) is 1. The summed E-state index contributed by atoms with van der Waals surface area (Å²) in [5, 5.41) is 16.5. The maximum absolute atomic E-state index is 6.12. The number of anilines is 2. The molecule has 0 saturated carbocycles. The lowest BCUT2D eigenvalue weighted by Gasteiger charge is -2.12. The number of nitrogens with zero attached hydrogens (tertiary/aromatic N) is 6. The molecule has 0 aliphatic rings. The fourth-order valence-electron chi connectivity index (χ4n) is 2.98. The van der Waals surface area contributed by atoms with Gasteiger partial charge in [0.2, 0.25) is 5.95 Å². The van der Waals surface area contributed by atoms with Crippen molar-refractivity contribution in [1.29, 1.82) is 0 Å². The highest BCUT2D eigenvalue weighted by molar-refractivity contribution is 7.98. The summed E-state index contributed by atoms with van der Waals surface area (Å²) in [7, 11) is 0. The Morgan fingerprint density at radius 3 is 2.55 bits per heavy atom. The molecule has 0 spiro atoms. The Bertz CT molecular complexity index is 1190. The minimum atomic E-state index is 0.206. The van der Waals surface area contributed by atoms with E-state index in [0.717, 1.165) is 27.7 Å². The molecule has 4 aromatic rings. The maximum atomic E-state index is 6.12. The van der Waals surface area contributed by atoms with E-state index in [1.54, 1.807) is 10.7 Å². The van der Waals surface area contributed by atoms with Crippen LogP contribution in [0.25, 0.3) is 11.3 Å². The van der Waals surface area contributed by atoms with Crippen LogP contribution in [-0.4, -0.2) is 37.2 Å². The van der Waals surface area contributed by atoms with Gasteiger partial charge in [-0.15, -0.1) is 15.3 Å². The lowest BCUT2D eigenvalue weighted by atomic mass is 10.1. The maximum Gasteiger partial charge on any atom is 0.240 e. The molecule has 4 rings (SSSR count). The van der Waals surface area contributed by atoms with E-state index in [-0.39, 0.29) is 11.9 Å². The van der Waals surface area contributed by atoms with Gasteiger partial charge in [0.25, 0.3) is 0 Å². The van der Waals surface area contributed by atoms with Gasteiger partial charge in [-0.1, -0.05) is 60.3 Å². The molecule has 0 aliphatic heterocycles. The molecular formula is C21H21N9S. The minimum absolute atomic E-state index is 0.206. The normalized spacial score (nSPS) is 11.5. The summed E-state index contributed by atoms with van der Waals surface area (Å²) >= 11 is 1.48. The zero-order valence-corrected chi connectivity index (χ0v) is 17.6. The van der Waals surface area contributed by atoms with E-state index in [1.165, 1.54) is 11.8 Å². The first-order chi connectivity index (χ1) is 15.1. The number of nitrogen functional groups attached to an aromatic ring is 1. The van der Waals surface area contributed by atoms with E-state index in [1.807, 2.05) is 66.9 Å². The SMILES string of the molecule is CSc1nc(N)nn1Cc1ccccc1NC(N)=Nc1ccc(-c2ccccc2)nn1. The molecule has 10 heteroatoms. The average molecular weight is 432 g/mol. The van der Waals surface area contributed by atoms with E-state index in [9.17, 15) is 0 Å². The summed E-state index contributed by atoms with van der Waals surface area (Å²) in [6, 6.07) is 21.2. The van der Waals surface area contributed by atoms with Gasteiger partial charge in [0, 0.05) is 11.3 Å². The predicted octanol–water partition coefficient (Wildman–Crippen LogP) is 3.15. The Balaban J connectivity index is 1.51. The van der Waals surface area contributed by atoms with Gasteiger partial charge < -0.3 is 16.8 Å². The van der Waals surface area contributed by atoms with Crippen LogP contribution in [0.1, 0.15) is 5.56 Å². The summed E-state index contributed by atoms with van der Waals surface area (Å²) in [6.07, 6.45) is 1.93. The van der Waals surface area contributed by atoms with Crippen molar-refractivity contribution in [2.75, 3.05) is 17.3 Å². The van der Waals surface area contributed by atoms with Gasteiger partial charge >= 0.3 is 0 Å². The molecule has 2 aromatic carbocycles. The molecule has 0 bridgehead atoms. The number of hydrogen-bond donors (Lipinski definition) is 3. The summed E-state index contributed by atoms with van der Waals surface area (Å²) in [5.41, 5.74) is 15.4. The number of rotatable bonds is 6. The number of guanidine groups is 1. The molecule has 0 aliphatic carbocycles. The van der Waals surface area contributed by atoms with Crippen molar-refractivity contribution in [3.05, 3.63) is 72.3 Å². The Morgan fingerprint density at radius 1 is 1.03 bits per heavy atom. The number of para-hydroxylation sites is 1. The third kappa shape index (κ3) is 4.98. The van der Waals surface area contributed by atoms with Crippen LogP contribution in [0.5, 0.6) is 0 Å². The number of thioether (sulfide) groups is 1. The second-order valence-corrected chi connectivity index (χ2v) is 7.31. The van der Waals surface area contributed by atoms with Crippen LogP contribution < -0.4 is 16.8 Å². The lowest BCUT2D eigenvalue weighted by molar-refractivity contribution is 0.621. The molecule has 9 nitrogen and oxygen atoms in total. The van der Waals surface area contributed by atoms with Crippen molar-refractivity contribution < 1.29 is 0 Å². The van der Waals surface area contributed by atoms with Crippen molar-refractivity contribution in [2.24, 2.45) is 10.7 Å². The van der Waals surface area contributed by atoms with Crippen LogP contribution in [0.15, 0.2) is 76.9 Å². The largest absolute Gasteiger partial charge is 0.369 e. The molecule has 0 atom stereocenters. The van der Waals surface area contributed by atoms with E-state index in [4.69, 9.17) is 11.5 Å². The summed E-state index contributed by atoms with van der Waals surface area (Å²) < 4.78 is 1.75. The quantitative estimate of drug-likeness (QED) is 0.241. The molecule has 156 valence electrons. The summed E-state index contributed by atoms with van der Waals surface area (Å²) in [6.45, 7) is 0.488.